The lowest BCUT2D eigenvalue weighted by Crippen LogP contribution is -2.13. The van der Waals surface area contributed by atoms with Crippen molar-refractivity contribution in [3.63, 3.8) is 0 Å². The number of hydrogen-bond donors (Lipinski definition) is 2. The number of nitrogens with two attached hydrogens (primary N) is 1. The second-order valence-electron chi connectivity index (χ2n) is 7.80. The minimum atomic E-state index is -3.70. The lowest BCUT2D eigenvalue weighted by atomic mass is 10.2. The molecular formula is C22H26N5O7P. The van der Waals surface area contributed by atoms with Gasteiger partial charge < -0.3 is 29.0 Å². The van der Waals surface area contributed by atoms with Crippen LogP contribution in [0.15, 0.2) is 59.4 Å². The number of ether oxygens (including phenoxy) is 3. The normalized spacial score (nSPS) is 15.3. The van der Waals surface area contributed by atoms with Gasteiger partial charge in [0.05, 0.1) is 19.5 Å². The number of H-pyrrole nitrogens is 1. The fourth-order valence-corrected chi connectivity index (χ4v) is 4.42. The number of imidazole rings is 1. The maximum Gasteiger partial charge on any atom is 0.356 e. The smallest absolute Gasteiger partial charge is 0.356 e. The second kappa shape index (κ2) is 10.4. The molecule has 4 rings (SSSR count). The standard InChI is InChI=1S/C22H26N5O7P/c1-14-4-6-17(7-5-14)10-31-35(29,32-11-18-15(2)33-16(3)34-18)13-30-9-8-27-12-24-19-20(27)25-22(23)26-21(19)28/h4-7,12H,3,8-11,13H2,1-2H3,(H3,23,25,26,28). The fraction of sp³-hybridized carbons (Fsp3) is 0.318. The molecule has 1 aliphatic rings. The van der Waals surface area contributed by atoms with Gasteiger partial charge in [-0.1, -0.05) is 29.8 Å². The summed E-state index contributed by atoms with van der Waals surface area (Å²) in [6.07, 6.45) is 1.15. The Bertz CT molecular complexity index is 1360. The van der Waals surface area contributed by atoms with Gasteiger partial charge in [0, 0.05) is 6.54 Å². The molecule has 0 aliphatic carbocycles. The molecule has 1 unspecified atom stereocenters. The van der Waals surface area contributed by atoms with Gasteiger partial charge in [-0.15, -0.1) is 0 Å². The van der Waals surface area contributed by atoms with Crippen LogP contribution in [0.4, 0.5) is 5.95 Å². The summed E-state index contributed by atoms with van der Waals surface area (Å²) in [6.45, 7) is 7.59. The molecule has 0 fully saturated rings. The molecule has 13 heteroatoms. The first-order valence-corrected chi connectivity index (χ1v) is 12.4. The maximum atomic E-state index is 13.5. The summed E-state index contributed by atoms with van der Waals surface area (Å²) in [5.74, 6) is 0.925. The number of aryl methyl sites for hydroxylation is 1. The molecule has 2 aromatic heterocycles. The minimum Gasteiger partial charge on any atom is -0.428 e. The number of nitrogens with zero attached hydrogens (tertiary/aromatic N) is 3. The quantitative estimate of drug-likeness (QED) is 0.295. The Labute approximate surface area is 200 Å². The number of aromatic amines is 1. The van der Waals surface area contributed by atoms with E-state index in [0.717, 1.165) is 11.1 Å². The highest BCUT2D eigenvalue weighted by atomic mass is 31.2. The molecule has 0 saturated heterocycles. The molecule has 3 N–H and O–H groups in total. The van der Waals surface area contributed by atoms with Crippen molar-refractivity contribution in [2.24, 2.45) is 0 Å². The predicted molar refractivity (Wildman–Crippen MR) is 127 cm³/mol. The SMILES string of the molecule is C=C1OC(C)=C(COP(=O)(COCCn2cnc3c(=O)[nH]c(N)nc32)OCc2ccc(C)cc2)O1. The van der Waals surface area contributed by atoms with Gasteiger partial charge in [0.1, 0.15) is 18.7 Å². The molecule has 0 bridgehead atoms. The first-order valence-electron chi connectivity index (χ1n) is 10.7. The largest absolute Gasteiger partial charge is 0.428 e. The molecule has 0 amide bonds. The average molecular weight is 503 g/mol. The molecule has 35 heavy (non-hydrogen) atoms. The summed E-state index contributed by atoms with van der Waals surface area (Å²) < 4.78 is 42.6. The van der Waals surface area contributed by atoms with Crippen LogP contribution in [0.25, 0.3) is 11.2 Å². The van der Waals surface area contributed by atoms with E-state index >= 15 is 0 Å². The van der Waals surface area contributed by atoms with Crippen molar-refractivity contribution in [3.05, 3.63) is 76.1 Å². The van der Waals surface area contributed by atoms with Gasteiger partial charge in [0.15, 0.2) is 16.9 Å². The average Bonchev–Trinajstić information content (AvgIpc) is 3.37. The zero-order valence-electron chi connectivity index (χ0n) is 19.4. The van der Waals surface area contributed by atoms with Gasteiger partial charge in [-0.25, -0.2) is 4.98 Å². The van der Waals surface area contributed by atoms with Crippen LogP contribution >= 0.6 is 7.60 Å². The van der Waals surface area contributed by atoms with E-state index in [2.05, 4.69) is 21.5 Å². The number of allylic oxidation sites excluding steroid dienone is 1. The maximum absolute atomic E-state index is 13.5. The molecule has 3 aromatic rings. The molecule has 1 aromatic carbocycles. The first-order chi connectivity index (χ1) is 16.7. The zero-order valence-corrected chi connectivity index (χ0v) is 20.2. The number of benzene rings is 1. The van der Waals surface area contributed by atoms with E-state index in [-0.39, 0.29) is 50.1 Å². The highest BCUT2D eigenvalue weighted by molar-refractivity contribution is 7.53. The Morgan fingerprint density at radius 1 is 1.17 bits per heavy atom. The summed E-state index contributed by atoms with van der Waals surface area (Å²) in [5, 5.41) is 0. The van der Waals surface area contributed by atoms with Gasteiger partial charge >= 0.3 is 7.60 Å². The zero-order chi connectivity index (χ0) is 25.0. The van der Waals surface area contributed by atoms with Gasteiger partial charge in [-0.2, -0.15) is 4.98 Å². The van der Waals surface area contributed by atoms with E-state index in [1.807, 2.05) is 31.2 Å². The monoisotopic (exact) mass is 503 g/mol. The summed E-state index contributed by atoms with van der Waals surface area (Å²) in [7, 11) is -3.70. The van der Waals surface area contributed by atoms with Crippen LogP contribution in [0.1, 0.15) is 18.1 Å². The molecule has 1 atom stereocenters. The lowest BCUT2D eigenvalue weighted by molar-refractivity contribution is 0.114. The van der Waals surface area contributed by atoms with E-state index in [9.17, 15) is 9.36 Å². The number of nitrogen functional groups attached to an aromatic ring is 1. The highest BCUT2D eigenvalue weighted by Gasteiger charge is 2.29. The fourth-order valence-electron chi connectivity index (χ4n) is 3.19. The van der Waals surface area contributed by atoms with Crippen LogP contribution in [-0.2, 0) is 41.0 Å². The number of nitrogens with one attached hydrogen (secondary N) is 1. The lowest BCUT2D eigenvalue weighted by Gasteiger charge is -2.19. The van der Waals surface area contributed by atoms with Crippen LogP contribution in [0.3, 0.4) is 0 Å². The minimum absolute atomic E-state index is 0.0158. The van der Waals surface area contributed by atoms with Gasteiger partial charge in [-0.05, 0) is 26.0 Å². The van der Waals surface area contributed by atoms with Crippen LogP contribution in [-0.4, -0.2) is 39.1 Å². The van der Waals surface area contributed by atoms with E-state index in [0.29, 0.717) is 17.2 Å². The van der Waals surface area contributed by atoms with Crippen molar-refractivity contribution >= 4 is 24.7 Å². The van der Waals surface area contributed by atoms with Crippen molar-refractivity contribution in [1.82, 2.24) is 19.5 Å². The van der Waals surface area contributed by atoms with E-state index in [4.69, 9.17) is 29.0 Å². The van der Waals surface area contributed by atoms with Crippen LogP contribution < -0.4 is 11.3 Å². The molecule has 186 valence electrons. The summed E-state index contributed by atoms with van der Waals surface area (Å²) >= 11 is 0. The van der Waals surface area contributed by atoms with E-state index < -0.39 is 13.2 Å². The van der Waals surface area contributed by atoms with Gasteiger partial charge in [0.25, 0.3) is 11.5 Å². The Kier molecular flexibility index (Phi) is 7.37. The van der Waals surface area contributed by atoms with Crippen molar-refractivity contribution in [3.8, 4) is 0 Å². The number of hydrogen-bond acceptors (Lipinski definition) is 10. The molecule has 0 spiro atoms. The van der Waals surface area contributed by atoms with Crippen LogP contribution in [0.2, 0.25) is 0 Å². The summed E-state index contributed by atoms with van der Waals surface area (Å²) in [4.78, 5) is 22.5. The molecule has 0 saturated carbocycles. The Balaban J connectivity index is 1.39. The molecule has 12 nitrogen and oxygen atoms in total. The van der Waals surface area contributed by atoms with Crippen molar-refractivity contribution in [1.29, 1.82) is 0 Å². The Morgan fingerprint density at radius 3 is 2.63 bits per heavy atom. The van der Waals surface area contributed by atoms with Gasteiger partial charge in [0.2, 0.25) is 5.95 Å². The number of fused-ring (bicyclic) bond motifs is 1. The van der Waals surface area contributed by atoms with Gasteiger partial charge in [-0.3, -0.25) is 18.9 Å². The Hall–Kier alpha value is -3.44. The topological polar surface area (TPSA) is 153 Å². The number of anilines is 1. The number of rotatable bonds is 11. The molecule has 1 aliphatic heterocycles. The summed E-state index contributed by atoms with van der Waals surface area (Å²) in [6, 6.07) is 7.64. The second-order valence-corrected chi connectivity index (χ2v) is 9.79. The Morgan fingerprint density at radius 2 is 1.91 bits per heavy atom. The molecular weight excluding hydrogens is 477 g/mol. The van der Waals surface area contributed by atoms with Crippen molar-refractivity contribution in [2.45, 2.75) is 27.0 Å². The highest BCUT2D eigenvalue weighted by Crippen LogP contribution is 2.49. The van der Waals surface area contributed by atoms with Crippen LogP contribution in [0.5, 0.6) is 0 Å². The van der Waals surface area contributed by atoms with E-state index in [1.54, 1.807) is 11.5 Å². The number of aromatic nitrogens is 4. The van der Waals surface area contributed by atoms with E-state index in [1.165, 1.54) is 6.33 Å². The third-order valence-electron chi connectivity index (χ3n) is 5.06. The van der Waals surface area contributed by atoms with Crippen molar-refractivity contribution < 1.29 is 27.8 Å². The molecule has 3 heterocycles. The third-order valence-corrected chi connectivity index (χ3v) is 6.60. The van der Waals surface area contributed by atoms with Crippen LogP contribution in [0, 0.1) is 6.92 Å². The third kappa shape index (κ3) is 6.17. The predicted octanol–water partition coefficient (Wildman–Crippen LogP) is 3.16. The molecule has 0 radical (unpaired) electrons. The first kappa shape index (κ1) is 24.7. The summed E-state index contributed by atoms with van der Waals surface area (Å²) in [5.41, 5.74) is 7.62. The van der Waals surface area contributed by atoms with Crippen molar-refractivity contribution in [2.75, 3.05) is 25.3 Å².